The van der Waals surface area contributed by atoms with Gasteiger partial charge in [-0.15, -0.1) is 0 Å². The van der Waals surface area contributed by atoms with Crippen molar-refractivity contribution >= 4 is 64.6 Å². The molecule has 13 atom stereocenters. The van der Waals surface area contributed by atoms with Gasteiger partial charge in [-0.25, -0.2) is 0 Å². The van der Waals surface area contributed by atoms with E-state index in [4.69, 9.17) is 17.2 Å². The highest BCUT2D eigenvalue weighted by atomic mass is 16.3. The van der Waals surface area contributed by atoms with Gasteiger partial charge in [0.1, 0.15) is 42.0 Å². The van der Waals surface area contributed by atoms with Crippen LogP contribution in [0.1, 0.15) is 117 Å². The van der Waals surface area contributed by atoms with Crippen LogP contribution in [0.25, 0.3) is 0 Å². The Bertz CT molecular complexity index is 2220. The molecule has 19 N–H and O–H groups in total. The fourth-order valence-electron chi connectivity index (χ4n) is 8.98. The van der Waals surface area contributed by atoms with Crippen LogP contribution >= 0.6 is 0 Å². The minimum absolute atomic E-state index is 0.0289. The number of rotatable bonds is 28. The third kappa shape index (κ3) is 24.7. The van der Waals surface area contributed by atoms with Gasteiger partial charge in [0.05, 0.1) is 43.5 Å². The molecule has 1 aliphatic heterocycles. The van der Waals surface area contributed by atoms with Crippen molar-refractivity contribution in [3.8, 4) is 0 Å². The molecule has 0 radical (unpaired) electrons. The summed E-state index contributed by atoms with van der Waals surface area (Å²) >= 11 is 0. The molecule has 1 heterocycles. The predicted octanol–water partition coefficient (Wildman–Crippen LogP) is -4.60. The van der Waals surface area contributed by atoms with E-state index < -0.39 is 176 Å². The number of aliphatic hydroxyl groups excluding tert-OH is 5. The third-order valence-electron chi connectivity index (χ3n) is 13.8. The van der Waals surface area contributed by atoms with Gasteiger partial charge >= 0.3 is 0 Å². The molecule has 1 saturated heterocycles. The van der Waals surface area contributed by atoms with Gasteiger partial charge in [-0.3, -0.25) is 52.7 Å². The normalized spacial score (nSPS) is 23.6. The Morgan fingerprint density at radius 1 is 0.654 bits per heavy atom. The van der Waals surface area contributed by atoms with Crippen LogP contribution < -0.4 is 59.7 Å². The van der Waals surface area contributed by atoms with Gasteiger partial charge < -0.3 is 85.3 Å². The molecular weight excluding hydrogens is 1060 g/mol. The van der Waals surface area contributed by atoms with Crippen LogP contribution in [0.4, 0.5) is 0 Å². The zero-order valence-electron chi connectivity index (χ0n) is 47.0. The van der Waals surface area contributed by atoms with Crippen LogP contribution in [-0.4, -0.2) is 190 Å². The molecule has 0 spiro atoms. The smallest absolute Gasteiger partial charge is 0.245 e. The Hall–Kier alpha value is -6.33. The van der Waals surface area contributed by atoms with Gasteiger partial charge in [0.15, 0.2) is 11.6 Å². The molecule has 1 fully saturated rings. The van der Waals surface area contributed by atoms with Crippen molar-refractivity contribution in [1.82, 2.24) is 42.5 Å². The zero-order valence-corrected chi connectivity index (χ0v) is 47.0. The molecule has 0 saturated carbocycles. The van der Waals surface area contributed by atoms with E-state index >= 15 is 0 Å². The lowest BCUT2D eigenvalue weighted by Crippen LogP contribution is -2.61. The molecule has 0 aliphatic carbocycles. The molecule has 456 valence electrons. The van der Waals surface area contributed by atoms with Gasteiger partial charge in [-0.2, -0.15) is 0 Å². The van der Waals surface area contributed by atoms with E-state index in [2.05, 4.69) is 49.5 Å². The number of benzene rings is 1. The predicted molar refractivity (Wildman–Crippen MR) is 294 cm³/mol. The number of carbonyl (C=O) groups excluding carboxylic acids is 11. The first-order valence-corrected chi connectivity index (χ1v) is 27.8. The molecule has 0 aromatic heterocycles. The largest absolute Gasteiger partial charge is 0.396 e. The van der Waals surface area contributed by atoms with Gasteiger partial charge in [0, 0.05) is 44.1 Å². The molecule has 2 rings (SSSR count). The summed E-state index contributed by atoms with van der Waals surface area (Å²) in [4.78, 5) is 152. The number of hydrogen-bond donors (Lipinski definition) is 16. The number of amides is 8. The number of aliphatic hydroxyl groups is 5. The van der Waals surface area contributed by atoms with Gasteiger partial charge in [0.25, 0.3) is 0 Å². The van der Waals surface area contributed by atoms with E-state index in [0.29, 0.717) is 12.0 Å². The lowest BCUT2D eigenvalue weighted by Gasteiger charge is -2.28. The van der Waals surface area contributed by atoms with E-state index in [1.165, 1.54) is 6.92 Å². The average Bonchev–Trinajstić information content (AvgIpc) is 3.43. The Morgan fingerprint density at radius 3 is 1.81 bits per heavy atom. The molecule has 1 aliphatic rings. The quantitative estimate of drug-likeness (QED) is 0.0351. The minimum Gasteiger partial charge on any atom is -0.396 e. The summed E-state index contributed by atoms with van der Waals surface area (Å²) < 4.78 is 0. The van der Waals surface area contributed by atoms with Crippen molar-refractivity contribution in [3.05, 3.63) is 35.9 Å². The van der Waals surface area contributed by atoms with Crippen molar-refractivity contribution in [3.63, 3.8) is 0 Å². The Labute approximate surface area is 472 Å². The average molecular weight is 1150 g/mol. The maximum Gasteiger partial charge on any atom is 0.245 e. The van der Waals surface area contributed by atoms with Crippen LogP contribution in [0, 0.1) is 17.8 Å². The van der Waals surface area contributed by atoms with Crippen LogP contribution in [-0.2, 0) is 59.2 Å². The number of carbonyl (C=O) groups is 11. The second-order valence-electron chi connectivity index (χ2n) is 20.6. The molecule has 1 aromatic carbocycles. The SMILES string of the molecule is CCCCCCCC(=O)C[C@@H](CCN)C(=O)N[C@H](C(=O)C[C@H](CO)C(=O)N[C@H]1CCNC(=O)[C@H]([C@@H](C)O)NC(=O)[C@H](CCN)NC(=O)[C@H](CO)NC(=O)[C@H]([C@@H](C)O)NC(=O)[C@@H](Cc2ccccc2)CC(=O)[C@H](CCN)NC1=O)[C@@H](C)O. The van der Waals surface area contributed by atoms with Crippen LogP contribution in [0.15, 0.2) is 30.3 Å². The second-order valence-corrected chi connectivity index (χ2v) is 20.6. The van der Waals surface area contributed by atoms with E-state index in [1.807, 2.05) is 0 Å². The Kier molecular flexibility index (Phi) is 32.9. The first kappa shape index (κ1) is 70.8. The second kappa shape index (κ2) is 37.6. The molecule has 0 unspecified atom stereocenters. The van der Waals surface area contributed by atoms with E-state index in [0.717, 1.165) is 39.5 Å². The molecule has 0 bridgehead atoms. The van der Waals surface area contributed by atoms with Crippen molar-refractivity contribution in [1.29, 1.82) is 0 Å². The monoisotopic (exact) mass is 1150 g/mol. The molecular formula is C54H89N11O16. The number of ketones is 3. The number of Topliss-reactive ketones (excluding diaryl/α,β-unsaturated/α-hetero) is 3. The Morgan fingerprint density at radius 2 is 1.23 bits per heavy atom. The van der Waals surface area contributed by atoms with Crippen molar-refractivity contribution in [2.75, 3.05) is 39.4 Å². The number of hydrogen-bond acceptors (Lipinski definition) is 19. The maximum atomic E-state index is 14.4. The van der Waals surface area contributed by atoms with Crippen molar-refractivity contribution in [2.45, 2.75) is 178 Å². The van der Waals surface area contributed by atoms with Crippen molar-refractivity contribution in [2.24, 2.45) is 35.0 Å². The first-order valence-electron chi connectivity index (χ1n) is 27.8. The van der Waals surface area contributed by atoms with Crippen LogP contribution in [0.5, 0.6) is 0 Å². The van der Waals surface area contributed by atoms with Gasteiger partial charge in [-0.05, 0) is 84.5 Å². The molecule has 8 amide bonds. The van der Waals surface area contributed by atoms with Gasteiger partial charge in [-0.1, -0.05) is 62.9 Å². The fourth-order valence-corrected chi connectivity index (χ4v) is 8.98. The van der Waals surface area contributed by atoms with Crippen molar-refractivity contribution < 1.29 is 78.3 Å². The zero-order chi connectivity index (χ0) is 60.8. The van der Waals surface area contributed by atoms with Crippen LogP contribution in [0.3, 0.4) is 0 Å². The lowest BCUT2D eigenvalue weighted by molar-refractivity contribution is -0.138. The summed E-state index contributed by atoms with van der Waals surface area (Å²) in [6, 6.07) is -3.29. The summed E-state index contributed by atoms with van der Waals surface area (Å²) in [7, 11) is 0. The summed E-state index contributed by atoms with van der Waals surface area (Å²) in [6.07, 6.45) is -2.67. The maximum absolute atomic E-state index is 14.4. The summed E-state index contributed by atoms with van der Waals surface area (Å²) in [6.45, 7) is 2.62. The highest BCUT2D eigenvalue weighted by molar-refractivity contribution is 5.99. The molecule has 81 heavy (non-hydrogen) atoms. The number of nitrogens with two attached hydrogens (primary N) is 3. The molecule has 27 heteroatoms. The fraction of sp³-hybridized carbons (Fsp3) is 0.685. The Balaban J connectivity index is 2.62. The third-order valence-corrected chi connectivity index (χ3v) is 13.8. The van der Waals surface area contributed by atoms with E-state index in [9.17, 15) is 78.3 Å². The standard InChI is InChI=1S/C54H89N11O16/c1-5-6-7-8-12-15-37(71)25-34(16-20-55)47(74)63-44(30(2)68)43(73)27-36(28-66)49(76)60-40-19-23-58-53(80)45(31(3)69)65-51(78)39(18-22-57)61-52(79)41(29-67)62-54(81)46(32(4)70)64-48(75)35(24-33-13-10-9-11-14-33)26-42(72)38(17-21-56)59-50(40)77/h9-11,13-14,30-32,34-36,38-41,44-46,66-70H,5-8,12,15-29,55-57H2,1-4H3,(H,58,80)(H,59,77)(H,60,76)(H,61,79)(H,62,81)(H,63,74)(H,64,75)(H,65,78)/t30-,31-,32-,34-,35+,36-,38+,39+,40+,41+,44+,45+,46+/m1/s1. The molecule has 27 nitrogen and oxygen atoms in total. The van der Waals surface area contributed by atoms with E-state index in [-0.39, 0.29) is 63.9 Å². The lowest BCUT2D eigenvalue weighted by atomic mass is 9.90. The number of nitrogens with one attached hydrogen (secondary N) is 8. The highest BCUT2D eigenvalue weighted by Crippen LogP contribution is 2.19. The molecule has 1 aromatic rings. The summed E-state index contributed by atoms with van der Waals surface area (Å²) in [5.41, 5.74) is 18.0. The number of unbranched alkanes of at least 4 members (excludes halogenated alkanes) is 4. The highest BCUT2D eigenvalue weighted by Gasteiger charge is 2.38. The van der Waals surface area contributed by atoms with Crippen LogP contribution in [0.2, 0.25) is 0 Å². The van der Waals surface area contributed by atoms with E-state index in [1.54, 1.807) is 30.3 Å². The summed E-state index contributed by atoms with van der Waals surface area (Å²) in [5, 5.41) is 72.0. The van der Waals surface area contributed by atoms with Gasteiger partial charge in [0.2, 0.25) is 47.3 Å². The summed E-state index contributed by atoms with van der Waals surface area (Å²) in [5.74, 6) is -13.9. The topological polar surface area (TPSA) is 463 Å². The minimum atomic E-state index is -1.80. The first-order chi connectivity index (χ1) is 38.5.